The Morgan fingerprint density at radius 3 is 2.54 bits per heavy atom. The Morgan fingerprint density at radius 2 is 1.73 bits per heavy atom. The van der Waals surface area contributed by atoms with Gasteiger partial charge >= 0.3 is 0 Å². The molecule has 190 valence electrons. The molecule has 3 aromatic rings. The van der Waals surface area contributed by atoms with E-state index in [-0.39, 0.29) is 17.4 Å². The van der Waals surface area contributed by atoms with E-state index < -0.39 is 11.1 Å². The minimum absolute atomic E-state index is 0.174. The fourth-order valence-electron chi connectivity index (χ4n) is 4.67. The maximum absolute atomic E-state index is 13.1. The fraction of sp³-hybridized carbons (Fsp3) is 0.276. The molecule has 2 saturated heterocycles. The molecule has 2 aliphatic rings. The number of rotatable bonds is 6. The SMILES string of the molecule is O=C(CN1C(=O)SC(=Cc2cc(Br)ccc2OCc2cccc3ccccc23)C1=O)N1CCCCCC1. The summed E-state index contributed by atoms with van der Waals surface area (Å²) in [6.07, 6.45) is 5.79. The van der Waals surface area contributed by atoms with E-state index in [4.69, 9.17) is 4.74 Å². The van der Waals surface area contributed by atoms with E-state index in [9.17, 15) is 14.4 Å². The van der Waals surface area contributed by atoms with Crippen LogP contribution in [0.1, 0.15) is 36.8 Å². The molecule has 0 saturated carbocycles. The summed E-state index contributed by atoms with van der Waals surface area (Å²) in [5.74, 6) is -0.0197. The van der Waals surface area contributed by atoms with Crippen molar-refractivity contribution in [2.24, 2.45) is 0 Å². The van der Waals surface area contributed by atoms with Crippen molar-refractivity contribution in [3.8, 4) is 5.75 Å². The molecule has 0 unspecified atom stereocenters. The van der Waals surface area contributed by atoms with Crippen molar-refractivity contribution in [2.45, 2.75) is 32.3 Å². The van der Waals surface area contributed by atoms with Crippen LogP contribution in [-0.2, 0) is 16.2 Å². The second kappa shape index (κ2) is 11.5. The largest absolute Gasteiger partial charge is 0.488 e. The summed E-state index contributed by atoms with van der Waals surface area (Å²) in [5.41, 5.74) is 1.73. The number of hydrogen-bond donors (Lipinski definition) is 0. The van der Waals surface area contributed by atoms with Crippen LogP contribution in [-0.4, -0.2) is 46.5 Å². The van der Waals surface area contributed by atoms with Crippen molar-refractivity contribution in [3.63, 3.8) is 0 Å². The predicted octanol–water partition coefficient (Wildman–Crippen LogP) is 6.62. The minimum atomic E-state index is -0.446. The Labute approximate surface area is 228 Å². The predicted molar refractivity (Wildman–Crippen MR) is 150 cm³/mol. The van der Waals surface area contributed by atoms with E-state index in [2.05, 4.69) is 34.1 Å². The van der Waals surface area contributed by atoms with Gasteiger partial charge in [0.1, 0.15) is 18.9 Å². The van der Waals surface area contributed by atoms with Crippen LogP contribution < -0.4 is 4.74 Å². The van der Waals surface area contributed by atoms with Gasteiger partial charge in [-0.25, -0.2) is 0 Å². The van der Waals surface area contributed by atoms with Crippen LogP contribution in [0.3, 0.4) is 0 Å². The first-order valence-electron chi connectivity index (χ1n) is 12.4. The maximum Gasteiger partial charge on any atom is 0.294 e. The summed E-state index contributed by atoms with van der Waals surface area (Å²) in [7, 11) is 0. The van der Waals surface area contributed by atoms with Crippen molar-refractivity contribution >= 4 is 61.6 Å². The lowest BCUT2D eigenvalue weighted by molar-refractivity contribution is -0.135. The second-order valence-electron chi connectivity index (χ2n) is 9.17. The highest BCUT2D eigenvalue weighted by atomic mass is 79.9. The molecule has 0 aromatic heterocycles. The van der Waals surface area contributed by atoms with Crippen molar-refractivity contribution in [3.05, 3.63) is 81.2 Å². The van der Waals surface area contributed by atoms with Gasteiger partial charge in [-0.3, -0.25) is 19.3 Å². The quantitative estimate of drug-likeness (QED) is 0.307. The molecule has 3 aromatic carbocycles. The Hall–Kier alpha value is -3.10. The zero-order chi connectivity index (χ0) is 25.8. The van der Waals surface area contributed by atoms with Gasteiger partial charge in [0.15, 0.2) is 0 Å². The smallest absolute Gasteiger partial charge is 0.294 e. The third-order valence-corrected chi connectivity index (χ3v) is 8.05. The van der Waals surface area contributed by atoms with Crippen LogP contribution >= 0.6 is 27.7 Å². The Bertz CT molecular complexity index is 1380. The molecular formula is C29H27BrN2O4S. The average Bonchev–Trinajstić information content (AvgIpc) is 3.08. The summed E-state index contributed by atoms with van der Waals surface area (Å²) < 4.78 is 7.02. The lowest BCUT2D eigenvalue weighted by atomic mass is 10.1. The summed E-state index contributed by atoms with van der Waals surface area (Å²) in [6, 6.07) is 19.8. The Kier molecular flexibility index (Phi) is 7.96. The number of benzene rings is 3. The summed E-state index contributed by atoms with van der Waals surface area (Å²) in [6.45, 7) is 1.50. The highest BCUT2D eigenvalue weighted by molar-refractivity contribution is 9.10. The normalized spacial score (nSPS) is 17.5. The topological polar surface area (TPSA) is 66.9 Å². The third kappa shape index (κ3) is 5.91. The average molecular weight is 580 g/mol. The van der Waals surface area contributed by atoms with E-state index in [0.29, 0.717) is 31.0 Å². The number of likely N-dealkylation sites (tertiary alicyclic amines) is 1. The summed E-state index contributed by atoms with van der Waals surface area (Å²) in [4.78, 5) is 41.7. The van der Waals surface area contributed by atoms with Crippen LogP contribution in [0.2, 0.25) is 0 Å². The highest BCUT2D eigenvalue weighted by Gasteiger charge is 2.37. The van der Waals surface area contributed by atoms with E-state index in [0.717, 1.165) is 63.2 Å². The van der Waals surface area contributed by atoms with Gasteiger partial charge in [0.2, 0.25) is 5.91 Å². The van der Waals surface area contributed by atoms with Gasteiger partial charge in [-0.2, -0.15) is 0 Å². The number of thioether (sulfide) groups is 1. The molecule has 6 nitrogen and oxygen atoms in total. The number of halogens is 1. The number of ether oxygens (including phenoxy) is 1. The summed E-state index contributed by atoms with van der Waals surface area (Å²) >= 11 is 4.35. The van der Waals surface area contributed by atoms with E-state index in [1.165, 1.54) is 0 Å². The zero-order valence-electron chi connectivity index (χ0n) is 20.3. The highest BCUT2D eigenvalue weighted by Crippen LogP contribution is 2.35. The molecule has 8 heteroatoms. The molecule has 2 fully saturated rings. The van der Waals surface area contributed by atoms with Crippen molar-refractivity contribution in [1.82, 2.24) is 9.80 Å². The van der Waals surface area contributed by atoms with Crippen LogP contribution in [0.5, 0.6) is 5.75 Å². The maximum atomic E-state index is 13.1. The monoisotopic (exact) mass is 578 g/mol. The molecule has 5 rings (SSSR count). The third-order valence-electron chi connectivity index (χ3n) is 6.65. The van der Waals surface area contributed by atoms with Crippen LogP contribution in [0.25, 0.3) is 16.8 Å². The van der Waals surface area contributed by atoms with Gasteiger partial charge in [0, 0.05) is 23.1 Å². The minimum Gasteiger partial charge on any atom is -0.488 e. The lowest BCUT2D eigenvalue weighted by Crippen LogP contribution is -2.42. The molecule has 0 N–H and O–H groups in total. The Morgan fingerprint density at radius 1 is 0.973 bits per heavy atom. The number of carbonyl (C=O) groups excluding carboxylic acids is 3. The molecule has 37 heavy (non-hydrogen) atoms. The van der Waals surface area contributed by atoms with E-state index in [1.807, 2.05) is 42.5 Å². The van der Waals surface area contributed by atoms with Crippen molar-refractivity contribution in [1.29, 1.82) is 0 Å². The first-order chi connectivity index (χ1) is 18.0. The van der Waals surface area contributed by atoms with Crippen molar-refractivity contribution in [2.75, 3.05) is 19.6 Å². The first kappa shape index (κ1) is 25.5. The lowest BCUT2D eigenvalue weighted by Gasteiger charge is -2.22. The number of carbonyl (C=O) groups is 3. The number of hydrogen-bond acceptors (Lipinski definition) is 5. The fourth-order valence-corrected chi connectivity index (χ4v) is 5.88. The molecule has 2 heterocycles. The van der Waals surface area contributed by atoms with Gasteiger partial charge in [-0.15, -0.1) is 0 Å². The van der Waals surface area contributed by atoms with Crippen LogP contribution in [0.4, 0.5) is 4.79 Å². The van der Waals surface area contributed by atoms with Gasteiger partial charge in [0.25, 0.3) is 11.1 Å². The molecule has 3 amide bonds. The molecular weight excluding hydrogens is 552 g/mol. The zero-order valence-corrected chi connectivity index (χ0v) is 22.7. The first-order valence-corrected chi connectivity index (χ1v) is 14.0. The van der Waals surface area contributed by atoms with Gasteiger partial charge in [-0.1, -0.05) is 71.2 Å². The standard InChI is InChI=1S/C29H27BrN2O4S/c30-23-12-13-25(36-19-21-10-7-9-20-8-3-4-11-24(20)21)22(16-23)17-26-28(34)32(29(35)37-26)18-27(33)31-14-5-1-2-6-15-31/h3-4,7-13,16-17H,1-2,5-6,14-15,18-19H2. The molecule has 0 spiro atoms. The van der Waals surface area contributed by atoms with Gasteiger partial charge in [0.05, 0.1) is 4.91 Å². The summed E-state index contributed by atoms with van der Waals surface area (Å²) in [5, 5.41) is 1.84. The Balaban J connectivity index is 1.33. The van der Waals surface area contributed by atoms with Crippen LogP contribution in [0, 0.1) is 0 Å². The molecule has 0 bridgehead atoms. The number of imide groups is 1. The van der Waals surface area contributed by atoms with Gasteiger partial charge < -0.3 is 9.64 Å². The van der Waals surface area contributed by atoms with E-state index >= 15 is 0 Å². The van der Waals surface area contributed by atoms with E-state index in [1.54, 1.807) is 11.0 Å². The molecule has 0 aliphatic carbocycles. The number of nitrogens with zero attached hydrogens (tertiary/aromatic N) is 2. The molecule has 2 aliphatic heterocycles. The van der Waals surface area contributed by atoms with Gasteiger partial charge in [-0.05, 0) is 65.2 Å². The number of amides is 3. The second-order valence-corrected chi connectivity index (χ2v) is 11.1. The number of fused-ring (bicyclic) bond motifs is 1. The van der Waals surface area contributed by atoms with Crippen LogP contribution in [0.15, 0.2) is 70.0 Å². The van der Waals surface area contributed by atoms with Crippen molar-refractivity contribution < 1.29 is 19.1 Å². The molecule has 0 atom stereocenters. The molecule has 0 radical (unpaired) electrons.